The summed E-state index contributed by atoms with van der Waals surface area (Å²) in [6.45, 7) is 5.70. The fourth-order valence-electron chi connectivity index (χ4n) is 1.44. The molecule has 0 saturated heterocycles. The topological polar surface area (TPSA) is 0 Å². The first-order valence-electron chi connectivity index (χ1n) is 4.69. The number of hydrogen-bond donors (Lipinski definition) is 0. The van der Waals surface area contributed by atoms with Gasteiger partial charge in [0.15, 0.2) is 0 Å². The number of rotatable bonds is 2. The molecule has 0 amide bonds. The third kappa shape index (κ3) is 2.00. The quantitative estimate of drug-likeness (QED) is 0.696. The van der Waals surface area contributed by atoms with Crippen LogP contribution in [0.4, 0.5) is 4.39 Å². The first-order valence-corrected chi connectivity index (χ1v) is 5.51. The molecule has 0 aliphatic rings. The third-order valence-corrected chi connectivity index (χ3v) is 3.27. The van der Waals surface area contributed by atoms with Gasteiger partial charge in [0.1, 0.15) is 5.82 Å². The van der Waals surface area contributed by atoms with Gasteiger partial charge in [-0.15, -0.1) is 11.3 Å². The predicted octanol–water partition coefficient (Wildman–Crippen LogP) is 4.51. The van der Waals surface area contributed by atoms with Crippen molar-refractivity contribution in [2.24, 2.45) is 0 Å². The van der Waals surface area contributed by atoms with Gasteiger partial charge in [-0.1, -0.05) is 18.7 Å². The molecule has 0 aliphatic carbocycles. The molecule has 2 heteroatoms. The van der Waals surface area contributed by atoms with E-state index < -0.39 is 0 Å². The average Bonchev–Trinajstić information content (AvgIpc) is 2.65. The summed E-state index contributed by atoms with van der Waals surface area (Å²) in [5.74, 6) is -0.178. The van der Waals surface area contributed by atoms with Crippen LogP contribution in [0.2, 0.25) is 0 Å². The first-order chi connectivity index (χ1) is 7.20. The highest BCUT2D eigenvalue weighted by molar-refractivity contribution is 7.15. The fraction of sp³-hybridized carbons (Fsp3) is 0.0769. The normalized spacial score (nSPS) is 10.3. The van der Waals surface area contributed by atoms with Crippen molar-refractivity contribution in [3.8, 4) is 10.4 Å². The van der Waals surface area contributed by atoms with Crippen LogP contribution in [0.3, 0.4) is 0 Å². The standard InChI is InChI=1S/C13H11FS/c1-3-10-5-6-12(14)11(8-10)13-7-4-9(2)15-13/h3-8H,1H2,2H3. The minimum Gasteiger partial charge on any atom is -0.206 e. The molecule has 0 nitrogen and oxygen atoms in total. The van der Waals surface area contributed by atoms with Gasteiger partial charge < -0.3 is 0 Å². The minimum atomic E-state index is -0.178. The van der Waals surface area contributed by atoms with Crippen molar-refractivity contribution in [1.82, 2.24) is 0 Å². The Morgan fingerprint density at radius 2 is 2.07 bits per heavy atom. The van der Waals surface area contributed by atoms with Crippen molar-refractivity contribution in [2.45, 2.75) is 6.92 Å². The zero-order valence-electron chi connectivity index (χ0n) is 8.46. The van der Waals surface area contributed by atoms with E-state index in [0.29, 0.717) is 5.56 Å². The number of halogens is 1. The van der Waals surface area contributed by atoms with Crippen molar-refractivity contribution < 1.29 is 4.39 Å². The summed E-state index contributed by atoms with van der Waals surface area (Å²) in [6, 6.07) is 8.99. The second-order valence-electron chi connectivity index (χ2n) is 3.35. The van der Waals surface area contributed by atoms with Crippen molar-refractivity contribution in [3.05, 3.63) is 53.2 Å². The maximum Gasteiger partial charge on any atom is 0.131 e. The molecule has 0 aliphatic heterocycles. The van der Waals surface area contributed by atoms with E-state index in [4.69, 9.17) is 0 Å². The van der Waals surface area contributed by atoms with Gasteiger partial charge in [-0.05, 0) is 36.8 Å². The van der Waals surface area contributed by atoms with Gasteiger partial charge in [-0.3, -0.25) is 0 Å². The summed E-state index contributed by atoms with van der Waals surface area (Å²) in [6.07, 6.45) is 1.73. The van der Waals surface area contributed by atoms with E-state index in [1.54, 1.807) is 23.5 Å². The van der Waals surface area contributed by atoms with E-state index in [1.807, 2.05) is 25.1 Å². The molecular weight excluding hydrogens is 207 g/mol. The van der Waals surface area contributed by atoms with E-state index in [-0.39, 0.29) is 5.82 Å². The Balaban J connectivity index is 2.55. The summed E-state index contributed by atoms with van der Waals surface area (Å²) in [7, 11) is 0. The van der Waals surface area contributed by atoms with Crippen LogP contribution in [0.1, 0.15) is 10.4 Å². The highest BCUT2D eigenvalue weighted by Gasteiger charge is 2.07. The van der Waals surface area contributed by atoms with Gasteiger partial charge >= 0.3 is 0 Å². The van der Waals surface area contributed by atoms with E-state index in [9.17, 15) is 4.39 Å². The molecule has 76 valence electrons. The van der Waals surface area contributed by atoms with Crippen molar-refractivity contribution in [1.29, 1.82) is 0 Å². The lowest BCUT2D eigenvalue weighted by Crippen LogP contribution is -1.82. The van der Waals surface area contributed by atoms with Gasteiger partial charge in [-0.25, -0.2) is 4.39 Å². The highest BCUT2D eigenvalue weighted by Crippen LogP contribution is 2.30. The third-order valence-electron chi connectivity index (χ3n) is 2.23. The molecule has 1 heterocycles. The van der Waals surface area contributed by atoms with Crippen LogP contribution in [-0.4, -0.2) is 0 Å². The highest BCUT2D eigenvalue weighted by atomic mass is 32.1. The summed E-state index contributed by atoms with van der Waals surface area (Å²) < 4.78 is 13.6. The minimum absolute atomic E-state index is 0.178. The largest absolute Gasteiger partial charge is 0.206 e. The van der Waals surface area contributed by atoms with E-state index in [2.05, 4.69) is 6.58 Å². The molecule has 2 aromatic rings. The Morgan fingerprint density at radius 1 is 1.27 bits per heavy atom. The zero-order chi connectivity index (χ0) is 10.8. The first kappa shape index (κ1) is 10.1. The molecule has 1 aromatic carbocycles. The second-order valence-corrected chi connectivity index (χ2v) is 4.64. The SMILES string of the molecule is C=Cc1ccc(F)c(-c2ccc(C)s2)c1. The number of hydrogen-bond acceptors (Lipinski definition) is 1. The molecule has 0 bridgehead atoms. The van der Waals surface area contributed by atoms with Gasteiger partial charge in [0.05, 0.1) is 0 Å². The second kappa shape index (κ2) is 3.99. The summed E-state index contributed by atoms with van der Waals surface area (Å²) >= 11 is 1.60. The Bertz CT molecular complexity index is 497. The zero-order valence-corrected chi connectivity index (χ0v) is 9.27. The van der Waals surface area contributed by atoms with Gasteiger partial charge in [-0.2, -0.15) is 0 Å². The molecule has 0 unspecified atom stereocenters. The average molecular weight is 218 g/mol. The Morgan fingerprint density at radius 3 is 2.67 bits per heavy atom. The van der Waals surface area contributed by atoms with Crippen LogP contribution in [-0.2, 0) is 0 Å². The molecular formula is C13H11FS. The van der Waals surface area contributed by atoms with Crippen LogP contribution in [0.15, 0.2) is 36.9 Å². The monoisotopic (exact) mass is 218 g/mol. The van der Waals surface area contributed by atoms with Crippen LogP contribution >= 0.6 is 11.3 Å². The van der Waals surface area contributed by atoms with Crippen molar-refractivity contribution in [3.63, 3.8) is 0 Å². The van der Waals surface area contributed by atoms with Crippen LogP contribution in [0, 0.1) is 12.7 Å². The van der Waals surface area contributed by atoms with Gasteiger partial charge in [0, 0.05) is 15.3 Å². The summed E-state index contributed by atoms with van der Waals surface area (Å²) in [4.78, 5) is 2.15. The molecule has 2 rings (SSSR count). The van der Waals surface area contributed by atoms with E-state index in [0.717, 1.165) is 10.4 Å². The molecule has 0 saturated carbocycles. The van der Waals surface area contributed by atoms with Crippen LogP contribution in [0.5, 0.6) is 0 Å². The summed E-state index contributed by atoms with van der Waals surface area (Å²) in [5.41, 5.74) is 1.60. The molecule has 1 aromatic heterocycles. The lowest BCUT2D eigenvalue weighted by atomic mass is 10.1. The Labute approximate surface area is 92.7 Å². The molecule has 0 fully saturated rings. The molecule has 0 atom stereocenters. The van der Waals surface area contributed by atoms with E-state index in [1.165, 1.54) is 10.9 Å². The lowest BCUT2D eigenvalue weighted by Gasteiger charge is -2.01. The number of thiophene rings is 1. The van der Waals surface area contributed by atoms with Gasteiger partial charge in [0.25, 0.3) is 0 Å². The number of aryl methyl sites for hydroxylation is 1. The predicted molar refractivity (Wildman–Crippen MR) is 64.5 cm³/mol. The molecule has 0 radical (unpaired) electrons. The van der Waals surface area contributed by atoms with Crippen LogP contribution in [0.25, 0.3) is 16.5 Å². The lowest BCUT2D eigenvalue weighted by molar-refractivity contribution is 0.631. The maximum atomic E-state index is 13.6. The number of benzene rings is 1. The smallest absolute Gasteiger partial charge is 0.131 e. The van der Waals surface area contributed by atoms with Crippen molar-refractivity contribution >= 4 is 17.4 Å². The van der Waals surface area contributed by atoms with Gasteiger partial charge in [0.2, 0.25) is 0 Å². The Hall–Kier alpha value is -1.41. The van der Waals surface area contributed by atoms with Crippen LogP contribution < -0.4 is 0 Å². The molecule has 15 heavy (non-hydrogen) atoms. The Kier molecular flexibility index (Phi) is 2.69. The summed E-state index contributed by atoms with van der Waals surface area (Å²) in [5, 5.41) is 0. The fourth-order valence-corrected chi connectivity index (χ4v) is 2.32. The maximum absolute atomic E-state index is 13.6. The van der Waals surface area contributed by atoms with E-state index >= 15 is 0 Å². The molecule has 0 spiro atoms. The van der Waals surface area contributed by atoms with Crippen molar-refractivity contribution in [2.75, 3.05) is 0 Å². The molecule has 0 N–H and O–H groups in total.